The van der Waals surface area contributed by atoms with E-state index in [1.807, 2.05) is 4.90 Å². The van der Waals surface area contributed by atoms with Crippen LogP contribution in [0.15, 0.2) is 28.8 Å². The topological polar surface area (TPSA) is 92.0 Å². The Kier molecular flexibility index (Phi) is 9.11. The monoisotopic (exact) mass is 419 g/mol. The van der Waals surface area contributed by atoms with Crippen molar-refractivity contribution in [3.63, 3.8) is 0 Å². The van der Waals surface area contributed by atoms with Gasteiger partial charge in [0.1, 0.15) is 0 Å². The fraction of sp³-hybridized carbons (Fsp3) is 0.591. The highest BCUT2D eigenvalue weighted by Crippen LogP contribution is 2.27. The van der Waals surface area contributed by atoms with Gasteiger partial charge < -0.3 is 15.2 Å². The van der Waals surface area contributed by atoms with Crippen LogP contribution < -0.4 is 5.73 Å². The number of rotatable bonds is 11. The first kappa shape index (κ1) is 23.4. The molecule has 1 saturated heterocycles. The predicted molar refractivity (Wildman–Crippen MR) is 119 cm³/mol. The minimum Gasteiger partial charge on any atom is -0.345 e. The number of hydrogen-bond donors (Lipinski definition) is 2. The molecule has 1 fully saturated rings. The summed E-state index contributed by atoms with van der Waals surface area (Å²) in [7, 11) is 0. The van der Waals surface area contributed by atoms with Crippen LogP contribution in [0.3, 0.4) is 0 Å². The fourth-order valence-electron chi connectivity index (χ4n) is 3.94. The molecule has 1 aliphatic heterocycles. The number of nitrogens with zero attached hydrogens (tertiary/aromatic N) is 3. The van der Waals surface area contributed by atoms with Crippen molar-refractivity contribution in [3.8, 4) is 11.4 Å². The molecule has 29 heavy (non-hydrogen) atoms. The molecule has 0 spiro atoms. The van der Waals surface area contributed by atoms with Crippen LogP contribution in [0.4, 0.5) is 0 Å². The smallest absolute Gasteiger partial charge is 0.230 e. The molecule has 1 aliphatic rings. The van der Waals surface area contributed by atoms with E-state index in [-0.39, 0.29) is 12.4 Å². The number of unbranched alkanes of at least 4 members (excludes halogenated alkanes) is 5. The molecule has 0 radical (unpaired) electrons. The molecule has 0 bridgehead atoms. The number of hydrogen-bond acceptors (Lipinski definition) is 5. The summed E-state index contributed by atoms with van der Waals surface area (Å²) in [5.74, 6) is 1.13. The van der Waals surface area contributed by atoms with Crippen molar-refractivity contribution < 1.29 is 4.52 Å². The van der Waals surface area contributed by atoms with Crippen LogP contribution in [-0.4, -0.2) is 33.6 Å². The first-order valence-corrected chi connectivity index (χ1v) is 10.6. The summed E-state index contributed by atoms with van der Waals surface area (Å²) < 4.78 is 5.44. The van der Waals surface area contributed by atoms with Crippen molar-refractivity contribution in [2.75, 3.05) is 6.54 Å². The van der Waals surface area contributed by atoms with Gasteiger partial charge in [-0.25, -0.2) is 0 Å². The quantitative estimate of drug-likeness (QED) is 0.305. The number of nitrogens with one attached hydrogen (secondary N) is 1. The lowest BCUT2D eigenvalue weighted by atomic mass is 10.0. The van der Waals surface area contributed by atoms with E-state index >= 15 is 0 Å². The van der Waals surface area contributed by atoms with Gasteiger partial charge in [0.2, 0.25) is 11.7 Å². The molecule has 1 atom stereocenters. The maximum Gasteiger partial charge on any atom is 0.230 e. The molecular formula is C22H34ClN5O. The minimum atomic E-state index is -0.591. The van der Waals surface area contributed by atoms with Crippen molar-refractivity contribution >= 4 is 18.7 Å². The first-order valence-electron chi connectivity index (χ1n) is 10.6. The van der Waals surface area contributed by atoms with Crippen LogP contribution in [0.2, 0.25) is 0 Å². The van der Waals surface area contributed by atoms with Gasteiger partial charge >= 0.3 is 0 Å². The lowest BCUT2D eigenvalue weighted by Gasteiger charge is -2.31. The highest BCUT2D eigenvalue weighted by Gasteiger charge is 2.37. The van der Waals surface area contributed by atoms with Crippen LogP contribution in [-0.2, 0) is 12.8 Å². The van der Waals surface area contributed by atoms with E-state index in [1.165, 1.54) is 50.4 Å². The highest BCUT2D eigenvalue weighted by atomic mass is 35.5. The molecule has 6 nitrogen and oxygen atoms in total. The first-order chi connectivity index (χ1) is 13.6. The second-order valence-electron chi connectivity index (χ2n) is 7.93. The summed E-state index contributed by atoms with van der Waals surface area (Å²) in [5.41, 5.74) is 8.17. The van der Waals surface area contributed by atoms with Gasteiger partial charge in [0.15, 0.2) is 0 Å². The maximum absolute atomic E-state index is 7.53. The average molecular weight is 420 g/mol. The Balaban J connectivity index is 0.00000300. The van der Waals surface area contributed by atoms with Crippen LogP contribution in [0.5, 0.6) is 0 Å². The zero-order valence-corrected chi connectivity index (χ0v) is 18.2. The maximum atomic E-state index is 7.53. The van der Waals surface area contributed by atoms with Crippen LogP contribution in [0.1, 0.15) is 69.7 Å². The van der Waals surface area contributed by atoms with Crippen LogP contribution >= 0.6 is 12.4 Å². The van der Waals surface area contributed by atoms with Gasteiger partial charge in [-0.3, -0.25) is 5.41 Å². The Hall–Kier alpha value is -1.92. The third kappa shape index (κ3) is 6.28. The summed E-state index contributed by atoms with van der Waals surface area (Å²) in [6.45, 7) is 3.06. The van der Waals surface area contributed by atoms with Crippen LogP contribution in [0.25, 0.3) is 11.4 Å². The molecular weight excluding hydrogens is 386 g/mol. The average Bonchev–Trinajstić information content (AvgIpc) is 3.31. The predicted octanol–water partition coefficient (Wildman–Crippen LogP) is 4.96. The Labute approximate surface area is 180 Å². The summed E-state index contributed by atoms with van der Waals surface area (Å²) >= 11 is 0. The Bertz CT molecular complexity index is 748. The molecule has 0 amide bonds. The van der Waals surface area contributed by atoms with Crippen molar-refractivity contribution in [1.29, 1.82) is 5.41 Å². The van der Waals surface area contributed by atoms with E-state index in [2.05, 4.69) is 41.3 Å². The molecule has 0 aliphatic carbocycles. The number of benzene rings is 1. The molecule has 7 heteroatoms. The van der Waals surface area contributed by atoms with E-state index in [4.69, 9.17) is 15.7 Å². The number of aromatic nitrogens is 2. The number of aryl methyl sites for hydroxylation is 1. The Morgan fingerprint density at radius 1 is 1.17 bits per heavy atom. The molecule has 2 aromatic rings. The largest absolute Gasteiger partial charge is 0.345 e. The normalized spacial score (nSPS) is 18.6. The number of nitrogens with two attached hydrogens (primary N) is 1. The molecule has 0 saturated carbocycles. The standard InChI is InChI=1S/C22H33N5O.ClH/c1-2-3-4-5-6-7-9-18-10-12-19(13-11-18)21-25-20(28-26-21)16-22(24)14-8-15-27(22)17-23;/h10-13,17,23H,2-9,14-16,24H2,1H3;1H/t22-;/m0./s1. The second kappa shape index (κ2) is 11.3. The van der Waals surface area contributed by atoms with Crippen molar-refractivity contribution in [2.45, 2.75) is 76.8 Å². The summed E-state index contributed by atoms with van der Waals surface area (Å²) in [4.78, 5) is 6.39. The third-order valence-corrected chi connectivity index (χ3v) is 5.69. The van der Waals surface area contributed by atoms with Gasteiger partial charge in [-0.15, -0.1) is 12.4 Å². The zero-order chi connectivity index (χ0) is 19.8. The molecule has 3 N–H and O–H groups in total. The Morgan fingerprint density at radius 2 is 1.90 bits per heavy atom. The highest BCUT2D eigenvalue weighted by molar-refractivity contribution is 5.85. The third-order valence-electron chi connectivity index (χ3n) is 5.69. The minimum absolute atomic E-state index is 0. The van der Waals surface area contributed by atoms with E-state index in [1.54, 1.807) is 0 Å². The van der Waals surface area contributed by atoms with Gasteiger partial charge in [0.05, 0.1) is 18.4 Å². The van der Waals surface area contributed by atoms with Gasteiger partial charge in [-0.2, -0.15) is 4.98 Å². The second-order valence-corrected chi connectivity index (χ2v) is 7.93. The molecule has 3 rings (SSSR count). The Morgan fingerprint density at radius 3 is 2.62 bits per heavy atom. The summed E-state index contributed by atoms with van der Waals surface area (Å²) in [6, 6.07) is 8.46. The van der Waals surface area contributed by atoms with Crippen molar-refractivity contribution in [1.82, 2.24) is 15.0 Å². The summed E-state index contributed by atoms with van der Waals surface area (Å²) in [6.07, 6.45) is 12.6. The lowest BCUT2D eigenvalue weighted by molar-refractivity contribution is 0.216. The SMILES string of the molecule is CCCCCCCCc1ccc(-c2noc(C[C@]3(N)CCCN3C=N)n2)cc1.Cl. The van der Waals surface area contributed by atoms with Gasteiger partial charge in [0, 0.05) is 12.1 Å². The fourth-order valence-corrected chi connectivity index (χ4v) is 3.94. The van der Waals surface area contributed by atoms with E-state index < -0.39 is 5.66 Å². The summed E-state index contributed by atoms with van der Waals surface area (Å²) in [5, 5.41) is 11.7. The lowest BCUT2D eigenvalue weighted by Crippen LogP contribution is -2.52. The van der Waals surface area contributed by atoms with E-state index in [0.29, 0.717) is 18.1 Å². The number of halogens is 1. The number of likely N-dealkylation sites (tertiary alicyclic amines) is 1. The van der Waals surface area contributed by atoms with Crippen LogP contribution in [0, 0.1) is 5.41 Å². The van der Waals surface area contributed by atoms with Crippen molar-refractivity contribution in [3.05, 3.63) is 35.7 Å². The van der Waals surface area contributed by atoms with E-state index in [0.717, 1.165) is 31.4 Å². The van der Waals surface area contributed by atoms with Gasteiger partial charge in [-0.1, -0.05) is 68.4 Å². The van der Waals surface area contributed by atoms with Crippen molar-refractivity contribution in [2.24, 2.45) is 5.73 Å². The van der Waals surface area contributed by atoms with Gasteiger partial charge in [0.25, 0.3) is 0 Å². The molecule has 1 aromatic carbocycles. The molecule has 0 unspecified atom stereocenters. The van der Waals surface area contributed by atoms with E-state index in [9.17, 15) is 0 Å². The zero-order valence-electron chi connectivity index (χ0n) is 17.4. The molecule has 2 heterocycles. The molecule has 1 aromatic heterocycles. The van der Waals surface area contributed by atoms with Gasteiger partial charge in [-0.05, 0) is 31.2 Å². The molecule has 160 valence electrons.